The molecule has 0 unspecified atom stereocenters. The Hall–Kier alpha value is -2.61. The van der Waals surface area contributed by atoms with Crippen molar-refractivity contribution in [1.29, 1.82) is 0 Å². The maximum atomic E-state index is 5.76. The molecule has 0 saturated carbocycles. The van der Waals surface area contributed by atoms with Crippen LogP contribution in [0.5, 0.6) is 0 Å². The minimum atomic E-state index is 0.198. The molecule has 0 radical (unpaired) electrons. The number of imidazole rings is 1. The number of anilines is 3. The van der Waals surface area contributed by atoms with Crippen LogP contribution in [0.4, 0.5) is 17.6 Å². The Balaban J connectivity index is 1.73. The first kappa shape index (κ1) is 14.3. The van der Waals surface area contributed by atoms with Crippen LogP contribution < -0.4 is 11.1 Å². The van der Waals surface area contributed by atoms with Crippen molar-refractivity contribution in [2.45, 2.75) is 10.9 Å². The van der Waals surface area contributed by atoms with E-state index in [1.807, 2.05) is 48.1 Å². The van der Waals surface area contributed by atoms with Gasteiger partial charge in [-0.3, -0.25) is 0 Å². The van der Waals surface area contributed by atoms with Gasteiger partial charge in [-0.25, -0.2) is 4.98 Å². The van der Waals surface area contributed by atoms with Crippen molar-refractivity contribution >= 4 is 29.3 Å². The van der Waals surface area contributed by atoms with Crippen molar-refractivity contribution in [3.8, 4) is 0 Å². The largest absolute Gasteiger partial charge is 0.368 e. The molecule has 0 atom stereocenters. The fourth-order valence-electron chi connectivity index (χ4n) is 1.83. The van der Waals surface area contributed by atoms with Gasteiger partial charge in [-0.05, 0) is 12.1 Å². The highest BCUT2D eigenvalue weighted by Crippen LogP contribution is 2.20. The Morgan fingerprint density at radius 3 is 2.73 bits per heavy atom. The maximum Gasteiger partial charge on any atom is 0.232 e. The minimum absolute atomic E-state index is 0.198. The van der Waals surface area contributed by atoms with Gasteiger partial charge in [0.1, 0.15) is 5.82 Å². The van der Waals surface area contributed by atoms with E-state index in [9.17, 15) is 0 Å². The van der Waals surface area contributed by atoms with Crippen molar-refractivity contribution in [2.24, 2.45) is 7.05 Å². The molecule has 0 aliphatic heterocycles. The van der Waals surface area contributed by atoms with Gasteiger partial charge in [0.05, 0.1) is 5.75 Å². The second kappa shape index (κ2) is 6.44. The topological polar surface area (TPSA) is 94.5 Å². The number of benzene rings is 1. The zero-order chi connectivity index (χ0) is 15.4. The Morgan fingerprint density at radius 2 is 2.00 bits per heavy atom. The minimum Gasteiger partial charge on any atom is -0.368 e. The Morgan fingerprint density at radius 1 is 1.18 bits per heavy atom. The molecule has 22 heavy (non-hydrogen) atoms. The quantitative estimate of drug-likeness (QED) is 0.697. The number of nitrogen functional groups attached to an aromatic ring is 1. The summed E-state index contributed by atoms with van der Waals surface area (Å²) in [5.74, 6) is 1.82. The van der Waals surface area contributed by atoms with Crippen LogP contribution in [0.15, 0.2) is 47.9 Å². The first-order chi connectivity index (χ1) is 10.7. The second-order valence-corrected chi connectivity index (χ2v) is 5.48. The normalized spacial score (nSPS) is 10.6. The number of aromatic nitrogens is 5. The first-order valence-electron chi connectivity index (χ1n) is 6.63. The fourth-order valence-corrected chi connectivity index (χ4v) is 2.62. The van der Waals surface area contributed by atoms with Gasteiger partial charge in [0.2, 0.25) is 11.9 Å². The van der Waals surface area contributed by atoms with Crippen LogP contribution in [0.25, 0.3) is 0 Å². The molecule has 7 nitrogen and oxygen atoms in total. The molecule has 112 valence electrons. The fraction of sp³-hybridized carbons (Fsp3) is 0.143. The third-order valence-corrected chi connectivity index (χ3v) is 3.89. The monoisotopic (exact) mass is 313 g/mol. The molecule has 3 rings (SSSR count). The standard InChI is InChI=1S/C14H15N7S/c1-21-8-7-16-14(21)22-9-11-18-12(15)20-13(19-11)17-10-5-3-2-4-6-10/h2-8H,9H2,1H3,(H3,15,17,18,19,20). The average molecular weight is 313 g/mol. The van der Waals surface area contributed by atoms with E-state index in [-0.39, 0.29) is 5.95 Å². The van der Waals surface area contributed by atoms with Gasteiger partial charge >= 0.3 is 0 Å². The van der Waals surface area contributed by atoms with Crippen LogP contribution >= 0.6 is 11.8 Å². The molecule has 2 heterocycles. The molecule has 0 fully saturated rings. The average Bonchev–Trinajstić information content (AvgIpc) is 2.91. The number of hydrogen-bond acceptors (Lipinski definition) is 7. The SMILES string of the molecule is Cn1ccnc1SCc1nc(N)nc(Nc2ccccc2)n1. The lowest BCUT2D eigenvalue weighted by atomic mass is 10.3. The van der Waals surface area contributed by atoms with Crippen LogP contribution in [-0.2, 0) is 12.8 Å². The predicted octanol–water partition coefficient (Wildman–Crippen LogP) is 2.22. The lowest BCUT2D eigenvalue weighted by Crippen LogP contribution is -2.06. The van der Waals surface area contributed by atoms with Crippen LogP contribution in [0.1, 0.15) is 5.82 Å². The van der Waals surface area contributed by atoms with E-state index in [4.69, 9.17) is 5.73 Å². The first-order valence-corrected chi connectivity index (χ1v) is 7.62. The van der Waals surface area contributed by atoms with Gasteiger partial charge in [-0.15, -0.1) is 0 Å². The molecule has 0 spiro atoms. The van der Waals surface area contributed by atoms with E-state index in [0.29, 0.717) is 17.5 Å². The van der Waals surface area contributed by atoms with Crippen molar-refractivity contribution in [2.75, 3.05) is 11.1 Å². The van der Waals surface area contributed by atoms with Crippen molar-refractivity contribution < 1.29 is 0 Å². The van der Waals surface area contributed by atoms with E-state index in [0.717, 1.165) is 10.8 Å². The van der Waals surface area contributed by atoms with E-state index in [2.05, 4.69) is 25.3 Å². The maximum absolute atomic E-state index is 5.76. The summed E-state index contributed by atoms with van der Waals surface area (Å²) in [7, 11) is 1.94. The van der Waals surface area contributed by atoms with Gasteiger partial charge in [0, 0.05) is 25.1 Å². The molecule has 0 bridgehead atoms. The third kappa shape index (κ3) is 3.53. The van der Waals surface area contributed by atoms with Gasteiger partial charge in [0.25, 0.3) is 0 Å². The highest BCUT2D eigenvalue weighted by atomic mass is 32.2. The van der Waals surface area contributed by atoms with Gasteiger partial charge in [-0.1, -0.05) is 30.0 Å². The summed E-state index contributed by atoms with van der Waals surface area (Å²) in [6, 6.07) is 9.68. The molecule has 3 N–H and O–H groups in total. The summed E-state index contributed by atoms with van der Waals surface area (Å²) in [5, 5.41) is 4.02. The van der Waals surface area contributed by atoms with Gasteiger partial charge < -0.3 is 15.6 Å². The van der Waals surface area contributed by atoms with Crippen LogP contribution in [0.2, 0.25) is 0 Å². The molecule has 1 aromatic carbocycles. The highest BCUT2D eigenvalue weighted by molar-refractivity contribution is 7.98. The van der Waals surface area contributed by atoms with Crippen molar-refractivity contribution in [3.05, 3.63) is 48.5 Å². The summed E-state index contributed by atoms with van der Waals surface area (Å²) < 4.78 is 1.94. The van der Waals surface area contributed by atoms with E-state index < -0.39 is 0 Å². The number of hydrogen-bond donors (Lipinski definition) is 2. The number of nitrogens with one attached hydrogen (secondary N) is 1. The number of para-hydroxylation sites is 1. The molecular formula is C14H15N7S. The zero-order valence-electron chi connectivity index (χ0n) is 12.0. The van der Waals surface area contributed by atoms with Gasteiger partial charge in [0.15, 0.2) is 5.16 Å². The number of nitrogens with zero attached hydrogens (tertiary/aromatic N) is 5. The highest BCUT2D eigenvalue weighted by Gasteiger charge is 2.07. The van der Waals surface area contributed by atoms with E-state index in [1.54, 1.807) is 18.0 Å². The number of nitrogens with two attached hydrogens (primary N) is 1. The van der Waals surface area contributed by atoms with Gasteiger partial charge in [-0.2, -0.15) is 15.0 Å². The smallest absolute Gasteiger partial charge is 0.232 e. The molecule has 0 aliphatic rings. The predicted molar refractivity (Wildman–Crippen MR) is 86.7 cm³/mol. The van der Waals surface area contributed by atoms with Crippen molar-refractivity contribution in [1.82, 2.24) is 24.5 Å². The second-order valence-electron chi connectivity index (χ2n) is 4.53. The lowest BCUT2D eigenvalue weighted by molar-refractivity contribution is 0.789. The summed E-state index contributed by atoms with van der Waals surface area (Å²) in [5.41, 5.74) is 6.66. The van der Waals surface area contributed by atoms with E-state index >= 15 is 0 Å². The molecule has 0 amide bonds. The Kier molecular flexibility index (Phi) is 4.19. The Bertz CT molecular complexity index is 757. The van der Waals surface area contributed by atoms with Crippen molar-refractivity contribution in [3.63, 3.8) is 0 Å². The Labute approximate surface area is 132 Å². The van der Waals surface area contributed by atoms with Crippen LogP contribution in [0.3, 0.4) is 0 Å². The molecular weight excluding hydrogens is 298 g/mol. The molecule has 0 saturated heterocycles. The summed E-state index contributed by atoms with van der Waals surface area (Å²) >= 11 is 1.55. The zero-order valence-corrected chi connectivity index (χ0v) is 12.8. The van der Waals surface area contributed by atoms with Crippen LogP contribution in [-0.4, -0.2) is 24.5 Å². The number of thioether (sulfide) groups is 1. The summed E-state index contributed by atoms with van der Waals surface area (Å²) in [6.45, 7) is 0. The summed E-state index contributed by atoms with van der Waals surface area (Å²) in [6.07, 6.45) is 3.65. The van der Waals surface area contributed by atoms with E-state index in [1.165, 1.54) is 0 Å². The summed E-state index contributed by atoms with van der Waals surface area (Å²) in [4.78, 5) is 16.9. The molecule has 2 aromatic heterocycles. The molecule has 8 heteroatoms. The van der Waals surface area contributed by atoms with Crippen LogP contribution in [0, 0.1) is 0 Å². The number of aryl methyl sites for hydroxylation is 1. The lowest BCUT2D eigenvalue weighted by Gasteiger charge is -2.07. The molecule has 3 aromatic rings. The molecule has 0 aliphatic carbocycles. The number of rotatable bonds is 5. The third-order valence-electron chi connectivity index (χ3n) is 2.84.